The van der Waals surface area contributed by atoms with Gasteiger partial charge < -0.3 is 14.2 Å². The minimum atomic E-state index is 0.221. The quantitative estimate of drug-likeness (QED) is 0.533. The van der Waals surface area contributed by atoms with Crippen molar-refractivity contribution in [3.63, 3.8) is 0 Å². The first-order chi connectivity index (χ1) is 14.5. The van der Waals surface area contributed by atoms with E-state index in [1.54, 1.807) is 18.4 Å². The molecule has 0 radical (unpaired) electrons. The molecule has 3 heterocycles. The van der Waals surface area contributed by atoms with Crippen LogP contribution in [0.2, 0.25) is 0 Å². The number of hydrogen-bond donors (Lipinski definition) is 0. The molecule has 6 heteroatoms. The Morgan fingerprint density at radius 2 is 1.80 bits per heavy atom. The number of methoxy groups -OCH3 is 1. The topological polar surface area (TPSA) is 37.7 Å². The number of nitrogens with zero attached hydrogens (tertiary/aromatic N) is 3. The Morgan fingerprint density at radius 3 is 2.43 bits per heavy atom. The number of aryl methyl sites for hydroxylation is 1. The highest BCUT2D eigenvalue weighted by Crippen LogP contribution is 2.22. The molecule has 0 bridgehead atoms. The fourth-order valence-corrected chi connectivity index (χ4v) is 4.82. The van der Waals surface area contributed by atoms with Crippen LogP contribution >= 0.6 is 11.3 Å². The van der Waals surface area contributed by atoms with E-state index in [0.717, 1.165) is 55.4 Å². The van der Waals surface area contributed by atoms with Gasteiger partial charge in [-0.2, -0.15) is 0 Å². The number of ether oxygens (including phenoxy) is 1. The number of piperazine rings is 1. The van der Waals surface area contributed by atoms with Crippen molar-refractivity contribution < 1.29 is 9.53 Å². The summed E-state index contributed by atoms with van der Waals surface area (Å²) < 4.78 is 7.49. The third kappa shape index (κ3) is 4.45. The second-order valence-corrected chi connectivity index (χ2v) is 8.87. The van der Waals surface area contributed by atoms with Crippen molar-refractivity contribution in [2.24, 2.45) is 0 Å². The van der Waals surface area contributed by atoms with Crippen LogP contribution in [0.4, 0.5) is 5.69 Å². The van der Waals surface area contributed by atoms with Crippen molar-refractivity contribution in [3.8, 4) is 5.75 Å². The van der Waals surface area contributed by atoms with Crippen molar-refractivity contribution in [3.05, 3.63) is 69.7 Å². The van der Waals surface area contributed by atoms with E-state index >= 15 is 0 Å². The number of ketones is 1. The van der Waals surface area contributed by atoms with E-state index in [1.807, 2.05) is 12.1 Å². The molecule has 1 aliphatic rings. The first-order valence-corrected chi connectivity index (χ1v) is 11.3. The lowest BCUT2D eigenvalue weighted by molar-refractivity contribution is 0.0925. The third-order valence-electron chi connectivity index (χ3n) is 5.95. The number of anilines is 1. The fraction of sp³-hybridized carbons (Fsp3) is 0.375. The van der Waals surface area contributed by atoms with Gasteiger partial charge in [0.25, 0.3) is 0 Å². The Kier molecular flexibility index (Phi) is 6.25. The number of thiophene rings is 1. The van der Waals surface area contributed by atoms with Crippen molar-refractivity contribution in [1.29, 1.82) is 0 Å². The predicted molar refractivity (Wildman–Crippen MR) is 123 cm³/mol. The van der Waals surface area contributed by atoms with E-state index in [4.69, 9.17) is 4.74 Å². The molecule has 4 rings (SSSR count). The first kappa shape index (κ1) is 20.7. The largest absolute Gasteiger partial charge is 0.497 e. The lowest BCUT2D eigenvalue weighted by Gasteiger charge is -2.35. The summed E-state index contributed by atoms with van der Waals surface area (Å²) in [5.41, 5.74) is 4.29. The Bertz CT molecular complexity index is 984. The number of rotatable bonds is 7. The number of benzene rings is 1. The monoisotopic (exact) mass is 423 g/mol. The molecule has 30 heavy (non-hydrogen) atoms. The van der Waals surface area contributed by atoms with Crippen molar-refractivity contribution in [1.82, 2.24) is 9.47 Å². The molecule has 5 nitrogen and oxygen atoms in total. The lowest BCUT2D eigenvalue weighted by Crippen LogP contribution is -2.48. The minimum Gasteiger partial charge on any atom is -0.497 e. The molecule has 0 spiro atoms. The molecule has 0 amide bonds. The SMILES string of the molecule is COc1ccc(N2CCN(CC(=O)c3cc(C)n(Cc4cccs4)c3C)CC2)cc1. The van der Waals surface area contributed by atoms with Gasteiger partial charge in [-0.05, 0) is 55.6 Å². The van der Waals surface area contributed by atoms with Gasteiger partial charge in [0.1, 0.15) is 5.75 Å². The number of hydrogen-bond acceptors (Lipinski definition) is 5. The van der Waals surface area contributed by atoms with E-state index in [-0.39, 0.29) is 5.78 Å². The van der Waals surface area contributed by atoms with E-state index in [9.17, 15) is 4.79 Å². The highest BCUT2D eigenvalue weighted by molar-refractivity contribution is 7.09. The highest BCUT2D eigenvalue weighted by atomic mass is 32.1. The van der Waals surface area contributed by atoms with Crippen LogP contribution < -0.4 is 9.64 Å². The maximum absolute atomic E-state index is 13.0. The molecular formula is C24H29N3O2S. The van der Waals surface area contributed by atoms with E-state index in [0.29, 0.717) is 6.54 Å². The summed E-state index contributed by atoms with van der Waals surface area (Å²) in [6, 6.07) is 14.5. The van der Waals surface area contributed by atoms with E-state index in [1.165, 1.54) is 10.6 Å². The Morgan fingerprint density at radius 1 is 1.07 bits per heavy atom. The molecule has 0 N–H and O–H groups in total. The third-order valence-corrected chi connectivity index (χ3v) is 6.81. The summed E-state index contributed by atoms with van der Waals surface area (Å²) >= 11 is 1.76. The molecule has 0 unspecified atom stereocenters. The predicted octanol–water partition coefficient (Wildman–Crippen LogP) is 4.23. The fourth-order valence-electron chi connectivity index (χ4n) is 4.13. The smallest absolute Gasteiger partial charge is 0.178 e. The van der Waals surface area contributed by atoms with Crippen LogP contribution in [0.5, 0.6) is 5.75 Å². The maximum Gasteiger partial charge on any atom is 0.178 e. The molecular weight excluding hydrogens is 394 g/mol. The van der Waals surface area contributed by atoms with Crippen molar-refractivity contribution in [2.45, 2.75) is 20.4 Å². The van der Waals surface area contributed by atoms with Gasteiger partial charge in [0, 0.05) is 53.7 Å². The van der Waals surface area contributed by atoms with Crippen LogP contribution in [0.15, 0.2) is 47.8 Å². The number of carbonyl (C=O) groups is 1. The van der Waals surface area contributed by atoms with E-state index in [2.05, 4.69) is 63.9 Å². The van der Waals surface area contributed by atoms with Crippen LogP contribution in [-0.2, 0) is 6.54 Å². The van der Waals surface area contributed by atoms with Gasteiger partial charge in [-0.15, -0.1) is 11.3 Å². The zero-order valence-electron chi connectivity index (χ0n) is 17.9. The summed E-state index contributed by atoms with van der Waals surface area (Å²) in [7, 11) is 1.68. The van der Waals surface area contributed by atoms with E-state index < -0.39 is 0 Å². The normalized spacial score (nSPS) is 14.8. The zero-order valence-corrected chi connectivity index (χ0v) is 18.7. The zero-order chi connectivity index (χ0) is 21.1. The van der Waals surface area contributed by atoms with Crippen LogP contribution in [0.3, 0.4) is 0 Å². The summed E-state index contributed by atoms with van der Waals surface area (Å²) in [5, 5.41) is 2.10. The molecule has 1 fully saturated rings. The average Bonchev–Trinajstić information content (AvgIpc) is 3.38. The number of carbonyl (C=O) groups excluding carboxylic acids is 1. The molecule has 0 atom stereocenters. The summed E-state index contributed by atoms with van der Waals surface area (Å²) in [5.74, 6) is 1.10. The Balaban J connectivity index is 1.35. The molecule has 3 aromatic rings. The van der Waals surface area contributed by atoms with Gasteiger partial charge >= 0.3 is 0 Å². The summed E-state index contributed by atoms with van der Waals surface area (Å²) in [6.07, 6.45) is 0. The molecule has 0 aliphatic carbocycles. The minimum absolute atomic E-state index is 0.221. The molecule has 1 aliphatic heterocycles. The molecule has 2 aromatic heterocycles. The lowest BCUT2D eigenvalue weighted by atomic mass is 10.1. The van der Waals surface area contributed by atoms with Crippen LogP contribution in [0, 0.1) is 13.8 Å². The van der Waals surface area contributed by atoms with Crippen LogP contribution in [0.25, 0.3) is 0 Å². The average molecular weight is 424 g/mol. The van der Waals surface area contributed by atoms with Gasteiger partial charge in [-0.3, -0.25) is 9.69 Å². The van der Waals surface area contributed by atoms with Crippen LogP contribution in [-0.4, -0.2) is 55.1 Å². The first-order valence-electron chi connectivity index (χ1n) is 10.4. The Labute approximate surface area is 182 Å². The molecule has 0 saturated carbocycles. The second-order valence-electron chi connectivity index (χ2n) is 7.83. The van der Waals surface area contributed by atoms with Gasteiger partial charge in [0.2, 0.25) is 0 Å². The summed E-state index contributed by atoms with van der Waals surface area (Å²) in [6.45, 7) is 9.12. The van der Waals surface area contributed by atoms with Gasteiger partial charge in [-0.1, -0.05) is 6.07 Å². The highest BCUT2D eigenvalue weighted by Gasteiger charge is 2.22. The summed E-state index contributed by atoms with van der Waals surface area (Å²) in [4.78, 5) is 19.0. The number of aromatic nitrogens is 1. The number of Topliss-reactive ketones (excluding diaryl/α,β-unsaturated/α-hetero) is 1. The molecule has 158 valence electrons. The van der Waals surface area contributed by atoms with Gasteiger partial charge in [0.15, 0.2) is 5.78 Å². The van der Waals surface area contributed by atoms with Gasteiger partial charge in [0.05, 0.1) is 20.2 Å². The molecule has 1 aromatic carbocycles. The van der Waals surface area contributed by atoms with Crippen molar-refractivity contribution >= 4 is 22.8 Å². The van der Waals surface area contributed by atoms with Crippen molar-refractivity contribution in [2.75, 3.05) is 44.7 Å². The molecule has 1 saturated heterocycles. The van der Waals surface area contributed by atoms with Crippen LogP contribution in [0.1, 0.15) is 26.6 Å². The maximum atomic E-state index is 13.0. The van der Waals surface area contributed by atoms with Gasteiger partial charge in [-0.25, -0.2) is 0 Å². The second kappa shape index (κ2) is 9.06. The standard InChI is InChI=1S/C24H29N3O2S/c1-18-15-23(19(2)27(18)16-22-5-4-14-30-22)24(28)17-25-10-12-26(13-11-25)20-6-8-21(29-3)9-7-20/h4-9,14-15H,10-13,16-17H2,1-3H3. The Hall–Kier alpha value is -2.57.